The molecule has 108 valence electrons. The molecule has 0 amide bonds. The quantitative estimate of drug-likeness (QED) is 0.597. The average Bonchev–Trinajstić information content (AvgIpc) is 2.34. The Balaban J connectivity index is 0.000000204. The molecule has 0 aliphatic rings. The number of hydrogen-bond acceptors (Lipinski definition) is 3. The summed E-state index contributed by atoms with van der Waals surface area (Å²) in [6.07, 6.45) is 2.07. The third-order valence-electron chi connectivity index (χ3n) is 2.86. The number of aromatic nitrogens is 1. The molecule has 0 bridgehead atoms. The topological polar surface area (TPSA) is 61.1 Å². The normalized spacial score (nSPS) is 10.7. The zero-order valence-corrected chi connectivity index (χ0v) is 12.9. The second kappa shape index (κ2) is 6.63. The Hall–Kier alpha value is -1.72. The summed E-state index contributed by atoms with van der Waals surface area (Å²) in [5.74, 6) is 0. The highest BCUT2D eigenvalue weighted by molar-refractivity contribution is 7.85. The van der Waals surface area contributed by atoms with Crippen molar-refractivity contribution in [1.29, 1.82) is 0 Å². The molecule has 5 heteroatoms. The van der Waals surface area contributed by atoms with Crippen molar-refractivity contribution in [3.8, 4) is 0 Å². The Morgan fingerprint density at radius 2 is 1.50 bits per heavy atom. The van der Waals surface area contributed by atoms with Crippen LogP contribution in [0.4, 0.5) is 0 Å². The number of pyridine rings is 1. The molecule has 20 heavy (non-hydrogen) atoms. The van der Waals surface area contributed by atoms with E-state index in [-0.39, 0.29) is 4.90 Å². The van der Waals surface area contributed by atoms with Crippen LogP contribution in [0.2, 0.25) is 0 Å². The van der Waals surface area contributed by atoms with Crippen molar-refractivity contribution in [3.63, 3.8) is 0 Å². The van der Waals surface area contributed by atoms with E-state index in [9.17, 15) is 13.0 Å². The van der Waals surface area contributed by atoms with Gasteiger partial charge in [0.1, 0.15) is 17.2 Å². The fourth-order valence-corrected chi connectivity index (χ4v) is 2.00. The molecule has 4 nitrogen and oxygen atoms in total. The van der Waals surface area contributed by atoms with Gasteiger partial charge >= 0.3 is 0 Å². The molecule has 0 unspecified atom stereocenters. The van der Waals surface area contributed by atoms with Crippen LogP contribution in [-0.2, 0) is 17.2 Å². The molecule has 1 aromatic carbocycles. The van der Waals surface area contributed by atoms with E-state index in [1.54, 1.807) is 12.1 Å². The number of benzene rings is 1. The van der Waals surface area contributed by atoms with Crippen molar-refractivity contribution >= 4 is 10.1 Å². The zero-order chi connectivity index (χ0) is 15.3. The fourth-order valence-electron chi connectivity index (χ4n) is 1.53. The number of nitrogens with zero attached hydrogens (tertiary/aromatic N) is 1. The Morgan fingerprint density at radius 1 is 0.950 bits per heavy atom. The van der Waals surface area contributed by atoms with Crippen molar-refractivity contribution in [1.82, 2.24) is 0 Å². The van der Waals surface area contributed by atoms with Crippen LogP contribution in [0.3, 0.4) is 0 Å². The van der Waals surface area contributed by atoms with Gasteiger partial charge in [-0.2, -0.15) is 0 Å². The van der Waals surface area contributed by atoms with Crippen LogP contribution in [0.1, 0.15) is 16.8 Å². The van der Waals surface area contributed by atoms with Gasteiger partial charge in [-0.3, -0.25) is 0 Å². The fraction of sp³-hybridized carbons (Fsp3) is 0.267. The van der Waals surface area contributed by atoms with Gasteiger partial charge in [0.25, 0.3) is 0 Å². The van der Waals surface area contributed by atoms with Crippen LogP contribution in [-0.4, -0.2) is 13.0 Å². The average molecular weight is 293 g/mol. The molecule has 0 aliphatic heterocycles. The third-order valence-corrected chi connectivity index (χ3v) is 3.71. The summed E-state index contributed by atoms with van der Waals surface area (Å²) in [6, 6.07) is 10.1. The van der Waals surface area contributed by atoms with Gasteiger partial charge in [0.15, 0.2) is 11.9 Å². The summed E-state index contributed by atoms with van der Waals surface area (Å²) in [6.45, 7) is 6.03. The second-order valence-corrected chi connectivity index (χ2v) is 6.10. The van der Waals surface area contributed by atoms with E-state index in [1.807, 2.05) is 6.92 Å². The minimum absolute atomic E-state index is 0.178. The second-order valence-electron chi connectivity index (χ2n) is 4.72. The molecule has 0 N–H and O–H groups in total. The van der Waals surface area contributed by atoms with E-state index < -0.39 is 10.1 Å². The maximum atomic E-state index is 10.4. The predicted octanol–water partition coefficient (Wildman–Crippen LogP) is 2.03. The van der Waals surface area contributed by atoms with Crippen LogP contribution < -0.4 is 4.57 Å². The molecular formula is C15H19NO3S. The number of aryl methyl sites for hydroxylation is 4. The van der Waals surface area contributed by atoms with Crippen molar-refractivity contribution < 1.29 is 17.5 Å². The van der Waals surface area contributed by atoms with E-state index in [4.69, 9.17) is 0 Å². The van der Waals surface area contributed by atoms with Crippen molar-refractivity contribution in [3.05, 3.63) is 59.4 Å². The lowest BCUT2D eigenvalue weighted by molar-refractivity contribution is -0.677. The van der Waals surface area contributed by atoms with Gasteiger partial charge in [0.05, 0.1) is 4.90 Å². The molecule has 1 heterocycles. The van der Waals surface area contributed by atoms with Gasteiger partial charge < -0.3 is 4.55 Å². The number of hydrogen-bond donors (Lipinski definition) is 0. The lowest BCUT2D eigenvalue weighted by atomic mass is 10.2. The van der Waals surface area contributed by atoms with Crippen molar-refractivity contribution in [2.24, 2.45) is 7.05 Å². The molecule has 0 fully saturated rings. The van der Waals surface area contributed by atoms with E-state index in [1.165, 1.54) is 23.4 Å². The minimum Gasteiger partial charge on any atom is -0.744 e. The van der Waals surface area contributed by atoms with Gasteiger partial charge in [0.2, 0.25) is 0 Å². The highest BCUT2D eigenvalue weighted by atomic mass is 32.2. The maximum absolute atomic E-state index is 10.4. The summed E-state index contributed by atoms with van der Waals surface area (Å²) in [5, 5.41) is 0. The van der Waals surface area contributed by atoms with Gasteiger partial charge in [-0.25, -0.2) is 13.0 Å². The Kier molecular flexibility index (Phi) is 5.42. The summed E-state index contributed by atoms with van der Waals surface area (Å²) in [7, 11) is -2.22. The van der Waals surface area contributed by atoms with E-state index in [2.05, 4.69) is 43.8 Å². The first kappa shape index (κ1) is 16.3. The summed E-state index contributed by atoms with van der Waals surface area (Å²) >= 11 is 0. The van der Waals surface area contributed by atoms with Gasteiger partial charge in [-0.1, -0.05) is 17.7 Å². The summed E-state index contributed by atoms with van der Waals surface area (Å²) in [4.78, 5) is -0.178. The maximum Gasteiger partial charge on any atom is 0.178 e. The molecule has 2 aromatic rings. The van der Waals surface area contributed by atoms with Crippen LogP contribution in [0.5, 0.6) is 0 Å². The van der Waals surface area contributed by atoms with E-state index in [0.717, 1.165) is 5.56 Å². The SMILES string of the molecule is Cc1cc[n+](C)c(C)c1.Cc1ccc(S(=O)(=O)[O-])cc1. The predicted molar refractivity (Wildman–Crippen MR) is 76.2 cm³/mol. The molecule has 1 aromatic heterocycles. The van der Waals surface area contributed by atoms with Crippen LogP contribution in [0, 0.1) is 20.8 Å². The standard InChI is InChI=1S/C8H12N.C7H8O3S/c1-7-4-5-9(3)8(2)6-7;1-6-2-4-7(5-3-6)11(8,9)10/h4-6H,1-3H3;2-5H,1H3,(H,8,9,10)/q+1;/p-1. The third kappa shape index (κ3) is 5.11. The van der Waals surface area contributed by atoms with E-state index >= 15 is 0 Å². The highest BCUT2D eigenvalue weighted by Gasteiger charge is 1.98. The molecule has 0 saturated carbocycles. The first-order valence-corrected chi connectivity index (χ1v) is 7.56. The van der Waals surface area contributed by atoms with Crippen LogP contribution in [0.25, 0.3) is 0 Å². The van der Waals surface area contributed by atoms with Gasteiger partial charge in [0, 0.05) is 19.1 Å². The first-order chi connectivity index (χ1) is 9.20. The largest absolute Gasteiger partial charge is 0.744 e. The van der Waals surface area contributed by atoms with Crippen LogP contribution >= 0.6 is 0 Å². The van der Waals surface area contributed by atoms with Crippen LogP contribution in [0.15, 0.2) is 47.5 Å². The number of rotatable bonds is 1. The molecular weight excluding hydrogens is 274 g/mol. The van der Waals surface area contributed by atoms with E-state index in [0.29, 0.717) is 0 Å². The summed E-state index contributed by atoms with van der Waals surface area (Å²) in [5.41, 5.74) is 3.55. The molecule has 0 saturated heterocycles. The van der Waals surface area contributed by atoms with Gasteiger partial charge in [-0.05, 0) is 31.5 Å². The Bertz CT molecular complexity index is 677. The molecule has 0 aliphatic carbocycles. The Labute approximate surface area is 120 Å². The lowest BCUT2D eigenvalue weighted by Crippen LogP contribution is -2.30. The smallest absolute Gasteiger partial charge is 0.178 e. The molecule has 0 spiro atoms. The Morgan fingerprint density at radius 3 is 1.90 bits per heavy atom. The lowest BCUT2D eigenvalue weighted by Gasteiger charge is -2.05. The van der Waals surface area contributed by atoms with Crippen molar-refractivity contribution in [2.75, 3.05) is 0 Å². The monoisotopic (exact) mass is 293 g/mol. The first-order valence-electron chi connectivity index (χ1n) is 6.15. The summed E-state index contributed by atoms with van der Waals surface area (Å²) < 4.78 is 33.3. The molecule has 0 atom stereocenters. The highest BCUT2D eigenvalue weighted by Crippen LogP contribution is 2.08. The van der Waals surface area contributed by atoms with Crippen molar-refractivity contribution in [2.45, 2.75) is 25.7 Å². The molecule has 2 rings (SSSR count). The zero-order valence-electron chi connectivity index (χ0n) is 12.1. The van der Waals surface area contributed by atoms with Gasteiger partial charge in [-0.15, -0.1) is 0 Å². The minimum atomic E-state index is -4.27. The molecule has 0 radical (unpaired) electrons.